The molecule has 0 atom stereocenters. The van der Waals surface area contributed by atoms with E-state index >= 15 is 0 Å². The van der Waals surface area contributed by atoms with Gasteiger partial charge in [0.15, 0.2) is 0 Å². The van der Waals surface area contributed by atoms with Gasteiger partial charge in [-0.1, -0.05) is 6.07 Å². The monoisotopic (exact) mass is 274 g/mol. The Balaban J connectivity index is 1.68. The molecule has 2 aliphatic rings. The summed E-state index contributed by atoms with van der Waals surface area (Å²) in [5, 5.41) is 3.44. The number of benzene rings is 1. The average molecular weight is 274 g/mol. The smallest absolute Gasteiger partial charge is 0.340 e. The van der Waals surface area contributed by atoms with E-state index in [9.17, 15) is 4.79 Å². The number of para-hydroxylation sites is 1. The SMILES string of the molecule is COC(=O)c1cccc(NCC(C2CC2)C2CC2)c1N. The minimum atomic E-state index is -0.382. The summed E-state index contributed by atoms with van der Waals surface area (Å²) in [4.78, 5) is 11.6. The standard InChI is InChI=1S/C16H22N2O2/c1-20-16(19)12-3-2-4-14(15(12)17)18-9-13(10-5-6-10)11-7-8-11/h2-4,10-11,13,18H,5-9,17H2,1H3. The highest BCUT2D eigenvalue weighted by atomic mass is 16.5. The second-order valence-electron chi connectivity index (χ2n) is 5.98. The Morgan fingerprint density at radius 1 is 1.35 bits per heavy atom. The fourth-order valence-electron chi connectivity index (χ4n) is 3.00. The minimum absolute atomic E-state index is 0.382. The van der Waals surface area contributed by atoms with Crippen LogP contribution in [0.25, 0.3) is 0 Å². The lowest BCUT2D eigenvalue weighted by atomic mass is 9.97. The van der Waals surface area contributed by atoms with Gasteiger partial charge in [0.1, 0.15) is 0 Å². The van der Waals surface area contributed by atoms with Gasteiger partial charge in [0, 0.05) is 6.54 Å². The molecule has 2 saturated carbocycles. The number of esters is 1. The number of anilines is 2. The van der Waals surface area contributed by atoms with E-state index in [0.29, 0.717) is 11.3 Å². The quantitative estimate of drug-likeness (QED) is 0.618. The summed E-state index contributed by atoms with van der Waals surface area (Å²) in [6.07, 6.45) is 5.50. The largest absolute Gasteiger partial charge is 0.465 e. The molecule has 0 aliphatic heterocycles. The number of ether oxygens (including phenoxy) is 1. The van der Waals surface area contributed by atoms with E-state index in [1.165, 1.54) is 32.8 Å². The maximum atomic E-state index is 11.6. The highest BCUT2D eigenvalue weighted by Crippen LogP contribution is 2.49. The van der Waals surface area contributed by atoms with Crippen LogP contribution in [0.1, 0.15) is 36.0 Å². The van der Waals surface area contributed by atoms with E-state index in [1.807, 2.05) is 12.1 Å². The Morgan fingerprint density at radius 2 is 2.00 bits per heavy atom. The van der Waals surface area contributed by atoms with Gasteiger partial charge in [-0.15, -0.1) is 0 Å². The lowest BCUT2D eigenvalue weighted by Gasteiger charge is -2.18. The molecular weight excluding hydrogens is 252 g/mol. The predicted octanol–water partition coefficient (Wildman–Crippen LogP) is 2.90. The molecule has 0 unspecified atom stereocenters. The molecule has 2 fully saturated rings. The van der Waals surface area contributed by atoms with Gasteiger partial charge in [-0.05, 0) is 55.6 Å². The van der Waals surface area contributed by atoms with Crippen LogP contribution in [-0.4, -0.2) is 19.6 Å². The van der Waals surface area contributed by atoms with Crippen molar-refractivity contribution in [2.24, 2.45) is 17.8 Å². The normalized spacial score (nSPS) is 18.1. The number of hydrogen-bond acceptors (Lipinski definition) is 4. The van der Waals surface area contributed by atoms with Crippen molar-refractivity contribution < 1.29 is 9.53 Å². The topological polar surface area (TPSA) is 64.3 Å². The number of nitrogens with one attached hydrogen (secondary N) is 1. The maximum absolute atomic E-state index is 11.6. The van der Waals surface area contributed by atoms with Crippen molar-refractivity contribution in [3.05, 3.63) is 23.8 Å². The molecule has 20 heavy (non-hydrogen) atoms. The third kappa shape index (κ3) is 2.74. The Bertz CT molecular complexity index is 495. The van der Waals surface area contributed by atoms with Crippen LogP contribution in [0.3, 0.4) is 0 Å². The van der Waals surface area contributed by atoms with Gasteiger partial charge < -0.3 is 15.8 Å². The van der Waals surface area contributed by atoms with E-state index < -0.39 is 0 Å². The molecule has 0 saturated heterocycles. The van der Waals surface area contributed by atoms with Gasteiger partial charge in [-0.25, -0.2) is 4.79 Å². The molecular formula is C16H22N2O2. The summed E-state index contributed by atoms with van der Waals surface area (Å²) < 4.78 is 4.75. The first kappa shape index (κ1) is 13.3. The van der Waals surface area contributed by atoms with Gasteiger partial charge in [0.05, 0.1) is 24.0 Å². The molecule has 108 valence electrons. The lowest BCUT2D eigenvalue weighted by Crippen LogP contribution is -2.19. The molecule has 0 spiro atoms. The fraction of sp³-hybridized carbons (Fsp3) is 0.562. The van der Waals surface area contributed by atoms with Gasteiger partial charge in [0.25, 0.3) is 0 Å². The van der Waals surface area contributed by atoms with Gasteiger partial charge in [-0.3, -0.25) is 0 Å². The van der Waals surface area contributed by atoms with Crippen molar-refractivity contribution in [3.63, 3.8) is 0 Å². The van der Waals surface area contributed by atoms with Crippen molar-refractivity contribution >= 4 is 17.3 Å². The zero-order valence-electron chi connectivity index (χ0n) is 11.9. The van der Waals surface area contributed by atoms with Crippen LogP contribution in [0.2, 0.25) is 0 Å². The van der Waals surface area contributed by atoms with E-state index in [1.54, 1.807) is 6.07 Å². The molecule has 0 radical (unpaired) electrons. The Morgan fingerprint density at radius 3 is 2.55 bits per heavy atom. The van der Waals surface area contributed by atoms with E-state index in [-0.39, 0.29) is 5.97 Å². The predicted molar refractivity (Wildman–Crippen MR) is 79.6 cm³/mol. The first-order valence-electron chi connectivity index (χ1n) is 7.41. The van der Waals surface area contributed by atoms with Crippen molar-refractivity contribution in [1.82, 2.24) is 0 Å². The summed E-state index contributed by atoms with van der Waals surface area (Å²) in [5.41, 5.74) is 7.84. The minimum Gasteiger partial charge on any atom is -0.465 e. The molecule has 2 aliphatic carbocycles. The van der Waals surface area contributed by atoms with Crippen LogP contribution in [0.15, 0.2) is 18.2 Å². The van der Waals surface area contributed by atoms with Gasteiger partial charge in [0.2, 0.25) is 0 Å². The number of methoxy groups -OCH3 is 1. The highest BCUT2D eigenvalue weighted by Gasteiger charge is 2.41. The number of nitrogens with two attached hydrogens (primary N) is 1. The van der Waals surface area contributed by atoms with Gasteiger partial charge >= 0.3 is 5.97 Å². The van der Waals surface area contributed by atoms with E-state index in [0.717, 1.165) is 30.0 Å². The molecule has 1 aromatic rings. The molecule has 4 heteroatoms. The Hall–Kier alpha value is -1.71. The summed E-state index contributed by atoms with van der Waals surface area (Å²) in [7, 11) is 1.37. The Labute approximate surface area is 119 Å². The Kier molecular flexibility index (Phi) is 3.55. The summed E-state index contributed by atoms with van der Waals surface area (Å²) in [6.45, 7) is 0.962. The number of nitrogen functional groups attached to an aromatic ring is 1. The molecule has 0 heterocycles. The first-order valence-corrected chi connectivity index (χ1v) is 7.41. The summed E-state index contributed by atoms with van der Waals surface area (Å²) >= 11 is 0. The molecule has 4 nitrogen and oxygen atoms in total. The van der Waals surface area contributed by atoms with Crippen LogP contribution < -0.4 is 11.1 Å². The molecule has 3 rings (SSSR count). The molecule has 1 aromatic carbocycles. The van der Waals surface area contributed by atoms with Crippen LogP contribution in [0.5, 0.6) is 0 Å². The molecule has 0 bridgehead atoms. The average Bonchev–Trinajstić information content (AvgIpc) is 3.33. The van der Waals surface area contributed by atoms with Crippen molar-refractivity contribution in [2.75, 3.05) is 24.7 Å². The van der Waals surface area contributed by atoms with Crippen LogP contribution in [-0.2, 0) is 4.74 Å². The van der Waals surface area contributed by atoms with Crippen LogP contribution in [0, 0.1) is 17.8 Å². The number of carbonyl (C=O) groups excluding carboxylic acids is 1. The zero-order valence-corrected chi connectivity index (χ0v) is 11.9. The third-order valence-electron chi connectivity index (χ3n) is 4.49. The van der Waals surface area contributed by atoms with Crippen LogP contribution in [0.4, 0.5) is 11.4 Å². The number of carbonyl (C=O) groups is 1. The second kappa shape index (κ2) is 5.35. The number of hydrogen-bond donors (Lipinski definition) is 2. The second-order valence-corrected chi connectivity index (χ2v) is 5.98. The summed E-state index contributed by atoms with van der Waals surface area (Å²) in [6, 6.07) is 5.47. The molecule has 0 aromatic heterocycles. The van der Waals surface area contributed by atoms with Crippen molar-refractivity contribution in [1.29, 1.82) is 0 Å². The third-order valence-corrected chi connectivity index (χ3v) is 4.49. The lowest BCUT2D eigenvalue weighted by molar-refractivity contribution is 0.0602. The molecule has 3 N–H and O–H groups in total. The fourth-order valence-corrected chi connectivity index (χ4v) is 3.00. The van der Waals surface area contributed by atoms with Crippen LogP contribution >= 0.6 is 0 Å². The van der Waals surface area contributed by atoms with Crippen molar-refractivity contribution in [2.45, 2.75) is 25.7 Å². The molecule has 0 amide bonds. The highest BCUT2D eigenvalue weighted by molar-refractivity contribution is 5.98. The first-order chi connectivity index (χ1) is 9.70. The maximum Gasteiger partial charge on any atom is 0.340 e. The van der Waals surface area contributed by atoms with E-state index in [2.05, 4.69) is 5.32 Å². The van der Waals surface area contributed by atoms with Crippen molar-refractivity contribution in [3.8, 4) is 0 Å². The number of rotatable bonds is 6. The van der Waals surface area contributed by atoms with E-state index in [4.69, 9.17) is 10.5 Å². The zero-order chi connectivity index (χ0) is 14.1. The van der Waals surface area contributed by atoms with Gasteiger partial charge in [-0.2, -0.15) is 0 Å². The summed E-state index contributed by atoms with van der Waals surface area (Å²) in [5.74, 6) is 2.20.